The number of rotatable bonds is 7. The summed E-state index contributed by atoms with van der Waals surface area (Å²) < 4.78 is 5.82. The number of ether oxygens (including phenoxy) is 1. The van der Waals surface area contributed by atoms with Gasteiger partial charge in [-0.3, -0.25) is 4.79 Å². The molecule has 144 valence electrons. The van der Waals surface area contributed by atoms with Gasteiger partial charge >= 0.3 is 0 Å². The molecule has 0 saturated carbocycles. The Bertz CT molecular complexity index is 937. The van der Waals surface area contributed by atoms with Crippen LogP contribution in [0.25, 0.3) is 0 Å². The van der Waals surface area contributed by atoms with Crippen molar-refractivity contribution in [1.29, 1.82) is 0 Å². The summed E-state index contributed by atoms with van der Waals surface area (Å²) in [6.07, 6.45) is 1.73. The van der Waals surface area contributed by atoms with Gasteiger partial charge in [0.25, 0.3) is 5.91 Å². The van der Waals surface area contributed by atoms with Crippen LogP contribution in [0.2, 0.25) is 0 Å². The molecule has 3 rings (SSSR count). The molecule has 0 spiro atoms. The van der Waals surface area contributed by atoms with E-state index in [2.05, 4.69) is 15.6 Å². The van der Waals surface area contributed by atoms with Crippen LogP contribution in [-0.4, -0.2) is 17.0 Å². The van der Waals surface area contributed by atoms with Crippen LogP contribution in [0.5, 0.6) is 5.75 Å². The van der Waals surface area contributed by atoms with Gasteiger partial charge in [-0.25, -0.2) is 4.98 Å². The normalized spacial score (nSPS) is 10.6. The zero-order valence-electron chi connectivity index (χ0n) is 16.4. The Hall–Kier alpha value is -3.34. The van der Waals surface area contributed by atoms with E-state index in [9.17, 15) is 4.79 Å². The number of nitrogens with zero attached hydrogens (tertiary/aromatic N) is 1. The van der Waals surface area contributed by atoms with Crippen molar-refractivity contribution in [3.8, 4) is 5.75 Å². The highest BCUT2D eigenvalue weighted by Crippen LogP contribution is 2.28. The lowest BCUT2D eigenvalue weighted by molar-refractivity contribution is 0.0946. The number of hydrogen-bond acceptors (Lipinski definition) is 4. The van der Waals surface area contributed by atoms with E-state index in [1.54, 1.807) is 12.3 Å². The number of nitrogens with one attached hydrogen (secondary N) is 2. The number of amides is 1. The molecule has 0 aliphatic carbocycles. The van der Waals surface area contributed by atoms with Gasteiger partial charge in [0.2, 0.25) is 0 Å². The number of carbonyl (C=O) groups is 1. The Morgan fingerprint density at radius 3 is 2.50 bits per heavy atom. The molecular formula is C23H25N3O2. The Labute approximate surface area is 165 Å². The molecule has 0 bridgehead atoms. The average Bonchev–Trinajstić information content (AvgIpc) is 2.69. The van der Waals surface area contributed by atoms with Crippen LogP contribution in [0.4, 0.5) is 11.4 Å². The summed E-state index contributed by atoms with van der Waals surface area (Å²) in [5.41, 5.74) is 4.27. The van der Waals surface area contributed by atoms with Crippen molar-refractivity contribution < 1.29 is 9.53 Å². The van der Waals surface area contributed by atoms with Crippen LogP contribution in [0.1, 0.15) is 35.5 Å². The maximum atomic E-state index is 12.4. The highest BCUT2D eigenvalue weighted by molar-refractivity contribution is 5.92. The number of anilines is 2. The Morgan fingerprint density at radius 1 is 1.04 bits per heavy atom. The second-order valence-electron chi connectivity index (χ2n) is 6.83. The molecule has 1 heterocycles. The van der Waals surface area contributed by atoms with E-state index in [4.69, 9.17) is 4.74 Å². The molecule has 0 unspecified atom stereocenters. The first-order valence-electron chi connectivity index (χ1n) is 9.34. The van der Waals surface area contributed by atoms with Gasteiger partial charge in [0.1, 0.15) is 11.4 Å². The van der Waals surface area contributed by atoms with Crippen LogP contribution in [-0.2, 0) is 6.54 Å². The summed E-state index contributed by atoms with van der Waals surface area (Å²) in [5.74, 6) is 0.580. The first-order valence-corrected chi connectivity index (χ1v) is 9.34. The zero-order valence-corrected chi connectivity index (χ0v) is 16.4. The largest absolute Gasteiger partial charge is 0.489 e. The first-order chi connectivity index (χ1) is 13.5. The summed E-state index contributed by atoms with van der Waals surface area (Å²) in [7, 11) is 0. The molecule has 0 aliphatic rings. The van der Waals surface area contributed by atoms with Crippen LogP contribution >= 0.6 is 0 Å². The van der Waals surface area contributed by atoms with Crippen molar-refractivity contribution in [3.05, 3.63) is 83.7 Å². The van der Waals surface area contributed by atoms with Crippen LogP contribution in [0, 0.1) is 6.92 Å². The van der Waals surface area contributed by atoms with Crippen molar-refractivity contribution in [3.63, 3.8) is 0 Å². The number of aromatic nitrogens is 1. The second kappa shape index (κ2) is 9.04. The molecule has 1 aromatic heterocycles. The van der Waals surface area contributed by atoms with Crippen LogP contribution < -0.4 is 15.4 Å². The molecule has 28 heavy (non-hydrogen) atoms. The molecule has 2 aromatic carbocycles. The van der Waals surface area contributed by atoms with Gasteiger partial charge in [0, 0.05) is 6.54 Å². The van der Waals surface area contributed by atoms with E-state index >= 15 is 0 Å². The van der Waals surface area contributed by atoms with Gasteiger partial charge in [0.15, 0.2) is 0 Å². The number of carbonyl (C=O) groups excluding carboxylic acids is 1. The number of benzene rings is 2. The quantitative estimate of drug-likeness (QED) is 0.620. The molecule has 5 heteroatoms. The highest BCUT2D eigenvalue weighted by Gasteiger charge is 2.09. The van der Waals surface area contributed by atoms with Crippen molar-refractivity contribution in [2.45, 2.75) is 33.4 Å². The smallest absolute Gasteiger partial charge is 0.270 e. The lowest BCUT2D eigenvalue weighted by Crippen LogP contribution is -2.24. The third-order valence-electron chi connectivity index (χ3n) is 4.23. The van der Waals surface area contributed by atoms with Gasteiger partial charge in [-0.05, 0) is 56.2 Å². The number of para-hydroxylation sites is 2. The molecular weight excluding hydrogens is 350 g/mol. The number of hydrogen-bond donors (Lipinski definition) is 2. The van der Waals surface area contributed by atoms with E-state index in [0.29, 0.717) is 12.2 Å². The number of aryl methyl sites for hydroxylation is 1. The summed E-state index contributed by atoms with van der Waals surface area (Å²) in [6, 6.07) is 19.3. The molecule has 0 aliphatic heterocycles. The van der Waals surface area contributed by atoms with Crippen molar-refractivity contribution in [2.75, 3.05) is 5.32 Å². The monoisotopic (exact) mass is 375 g/mol. The number of pyridine rings is 1. The Kier molecular flexibility index (Phi) is 6.27. The fourth-order valence-corrected chi connectivity index (χ4v) is 2.76. The lowest BCUT2D eigenvalue weighted by Gasteiger charge is -2.15. The van der Waals surface area contributed by atoms with Crippen molar-refractivity contribution in [2.24, 2.45) is 0 Å². The van der Waals surface area contributed by atoms with Gasteiger partial charge in [-0.1, -0.05) is 36.4 Å². The van der Waals surface area contributed by atoms with E-state index in [0.717, 1.165) is 28.3 Å². The fourth-order valence-electron chi connectivity index (χ4n) is 2.76. The van der Waals surface area contributed by atoms with Gasteiger partial charge in [-0.15, -0.1) is 0 Å². The predicted octanol–water partition coefficient (Wildman–Crippen LogP) is 4.85. The maximum absolute atomic E-state index is 12.4. The summed E-state index contributed by atoms with van der Waals surface area (Å²) >= 11 is 0. The van der Waals surface area contributed by atoms with Crippen LogP contribution in [0.3, 0.4) is 0 Å². The average molecular weight is 375 g/mol. The molecule has 3 aromatic rings. The van der Waals surface area contributed by atoms with Gasteiger partial charge < -0.3 is 15.4 Å². The van der Waals surface area contributed by atoms with Gasteiger partial charge in [0.05, 0.1) is 23.7 Å². The van der Waals surface area contributed by atoms with E-state index in [1.807, 2.05) is 75.4 Å². The first kappa shape index (κ1) is 19.4. The van der Waals surface area contributed by atoms with Crippen molar-refractivity contribution in [1.82, 2.24) is 10.3 Å². The van der Waals surface area contributed by atoms with Crippen molar-refractivity contribution >= 4 is 17.3 Å². The Balaban J connectivity index is 1.64. The molecule has 1 amide bonds. The third-order valence-corrected chi connectivity index (χ3v) is 4.23. The summed E-state index contributed by atoms with van der Waals surface area (Å²) in [6.45, 7) is 6.49. The second-order valence-corrected chi connectivity index (χ2v) is 6.83. The summed E-state index contributed by atoms with van der Waals surface area (Å²) in [4.78, 5) is 16.6. The Morgan fingerprint density at radius 2 is 1.79 bits per heavy atom. The lowest BCUT2D eigenvalue weighted by atomic mass is 10.1. The van der Waals surface area contributed by atoms with E-state index in [-0.39, 0.29) is 12.0 Å². The van der Waals surface area contributed by atoms with Crippen LogP contribution in [0.15, 0.2) is 66.9 Å². The SMILES string of the molecule is Cc1ccccc1CNC(=O)c1ccc(Nc2ccccc2OC(C)C)cn1. The van der Waals surface area contributed by atoms with E-state index in [1.165, 1.54) is 0 Å². The highest BCUT2D eigenvalue weighted by atomic mass is 16.5. The summed E-state index contributed by atoms with van der Waals surface area (Å²) in [5, 5.41) is 6.20. The topological polar surface area (TPSA) is 63.2 Å². The van der Waals surface area contributed by atoms with Gasteiger partial charge in [-0.2, -0.15) is 0 Å². The molecule has 2 N–H and O–H groups in total. The molecule has 0 fully saturated rings. The maximum Gasteiger partial charge on any atom is 0.270 e. The third kappa shape index (κ3) is 5.10. The molecule has 0 atom stereocenters. The molecule has 0 saturated heterocycles. The standard InChI is InChI=1S/C23H25N3O2/c1-16(2)28-22-11-7-6-10-20(22)26-19-12-13-21(24-15-19)23(27)25-14-18-9-5-4-8-17(18)3/h4-13,15-16,26H,14H2,1-3H3,(H,25,27). The zero-order chi connectivity index (χ0) is 19.9. The minimum atomic E-state index is -0.196. The minimum absolute atomic E-state index is 0.0837. The minimum Gasteiger partial charge on any atom is -0.489 e. The molecule has 5 nitrogen and oxygen atoms in total. The molecule has 0 radical (unpaired) electrons. The van der Waals surface area contributed by atoms with E-state index < -0.39 is 0 Å². The predicted molar refractivity (Wildman–Crippen MR) is 112 cm³/mol. The fraction of sp³-hybridized carbons (Fsp3) is 0.217.